The third kappa shape index (κ3) is 8.12. The lowest BCUT2D eigenvalue weighted by atomic mass is 10.1. The molecule has 1 rings (SSSR count). The normalized spacial score (nSPS) is 10.4. The van der Waals surface area contributed by atoms with Crippen molar-refractivity contribution < 1.29 is 9.47 Å². The Morgan fingerprint density at radius 2 is 1.80 bits per heavy atom. The maximum Gasteiger partial charge on any atom is 0.119 e. The molecule has 0 aromatic heterocycles. The summed E-state index contributed by atoms with van der Waals surface area (Å²) < 4.78 is 11.1. The minimum atomic E-state index is 0.509. The van der Waals surface area contributed by atoms with Crippen LogP contribution in [0, 0.1) is 0 Å². The smallest absolute Gasteiger partial charge is 0.119 e. The molecule has 1 aromatic rings. The number of hydrogen-bond donors (Lipinski definition) is 1. The van der Waals surface area contributed by atoms with Crippen LogP contribution in [0.4, 0.5) is 0 Å². The Kier molecular flexibility index (Phi) is 9.00. The van der Waals surface area contributed by atoms with E-state index < -0.39 is 0 Å². The van der Waals surface area contributed by atoms with Crippen LogP contribution in [-0.4, -0.2) is 24.8 Å². The van der Waals surface area contributed by atoms with Crippen LogP contribution in [0.15, 0.2) is 24.3 Å². The molecule has 0 unspecified atom stereocenters. The fourth-order valence-electron chi connectivity index (χ4n) is 1.86. The van der Waals surface area contributed by atoms with Gasteiger partial charge in [0.25, 0.3) is 0 Å². The summed E-state index contributed by atoms with van der Waals surface area (Å²) in [7, 11) is 0. The maximum absolute atomic E-state index is 5.60. The van der Waals surface area contributed by atoms with Gasteiger partial charge in [-0.1, -0.05) is 50.5 Å². The van der Waals surface area contributed by atoms with E-state index in [-0.39, 0.29) is 0 Å². The van der Waals surface area contributed by atoms with Crippen molar-refractivity contribution in [2.45, 2.75) is 39.0 Å². The predicted octanol–water partition coefficient (Wildman–Crippen LogP) is 3.49. The number of benzene rings is 1. The van der Waals surface area contributed by atoms with Crippen molar-refractivity contribution in [3.05, 3.63) is 29.8 Å². The van der Waals surface area contributed by atoms with Crippen molar-refractivity contribution in [3.8, 4) is 5.75 Å². The van der Waals surface area contributed by atoms with Gasteiger partial charge in [-0.2, -0.15) is 0 Å². The van der Waals surface area contributed by atoms with Crippen LogP contribution >= 0.6 is 12.2 Å². The van der Waals surface area contributed by atoms with Crippen LogP contribution in [-0.2, 0) is 11.2 Å². The molecule has 0 aliphatic carbocycles. The minimum Gasteiger partial charge on any atom is -0.491 e. The molecule has 3 nitrogen and oxygen atoms in total. The summed E-state index contributed by atoms with van der Waals surface area (Å²) in [5.74, 6) is 0.853. The zero-order valence-electron chi connectivity index (χ0n) is 12.3. The van der Waals surface area contributed by atoms with E-state index in [9.17, 15) is 0 Å². The summed E-state index contributed by atoms with van der Waals surface area (Å²) in [6, 6.07) is 7.85. The molecule has 4 heteroatoms. The topological polar surface area (TPSA) is 44.5 Å². The fraction of sp³-hybridized carbons (Fsp3) is 0.562. The highest BCUT2D eigenvalue weighted by Gasteiger charge is 1.97. The second-order valence-electron chi connectivity index (χ2n) is 4.81. The summed E-state index contributed by atoms with van der Waals surface area (Å²) in [5, 5.41) is 0. The monoisotopic (exact) mass is 295 g/mol. The number of ether oxygens (including phenoxy) is 2. The standard InChI is InChI=1S/C16H25NO2S/c1-2-3-4-5-10-18-11-12-19-15-8-6-14(7-9-15)13-16(17)20/h6-9H,2-5,10-13H2,1H3,(H2,17,20). The van der Waals surface area contributed by atoms with Crippen LogP contribution < -0.4 is 10.5 Å². The van der Waals surface area contributed by atoms with Gasteiger partial charge < -0.3 is 15.2 Å². The lowest BCUT2D eigenvalue weighted by molar-refractivity contribution is 0.0971. The Labute approximate surface area is 127 Å². The minimum absolute atomic E-state index is 0.509. The van der Waals surface area contributed by atoms with Gasteiger partial charge in [-0.25, -0.2) is 0 Å². The van der Waals surface area contributed by atoms with Gasteiger partial charge in [0.1, 0.15) is 12.4 Å². The fourth-order valence-corrected chi connectivity index (χ4v) is 2.02. The van der Waals surface area contributed by atoms with E-state index >= 15 is 0 Å². The Balaban J connectivity index is 2.08. The molecule has 1 aromatic carbocycles. The molecular weight excluding hydrogens is 270 g/mol. The first-order chi connectivity index (χ1) is 9.72. The molecule has 0 saturated carbocycles. The lowest BCUT2D eigenvalue weighted by Gasteiger charge is -2.08. The largest absolute Gasteiger partial charge is 0.491 e. The molecule has 112 valence electrons. The Morgan fingerprint density at radius 1 is 1.05 bits per heavy atom. The van der Waals surface area contributed by atoms with Gasteiger partial charge in [-0.15, -0.1) is 0 Å². The first-order valence-electron chi connectivity index (χ1n) is 7.30. The SMILES string of the molecule is CCCCCCOCCOc1ccc(CC(N)=S)cc1. The van der Waals surface area contributed by atoms with Crippen LogP contribution in [0.1, 0.15) is 38.2 Å². The summed E-state index contributed by atoms with van der Waals surface area (Å²) in [6.07, 6.45) is 5.58. The molecule has 0 heterocycles. The number of unbranched alkanes of at least 4 members (excludes halogenated alkanes) is 3. The molecule has 0 radical (unpaired) electrons. The highest BCUT2D eigenvalue weighted by molar-refractivity contribution is 7.80. The molecular formula is C16H25NO2S. The van der Waals surface area contributed by atoms with E-state index in [0.29, 0.717) is 24.6 Å². The maximum atomic E-state index is 5.60. The number of rotatable bonds is 11. The number of thiocarbonyl (C=S) groups is 1. The predicted molar refractivity (Wildman–Crippen MR) is 87.4 cm³/mol. The van der Waals surface area contributed by atoms with Gasteiger partial charge in [0.15, 0.2) is 0 Å². The van der Waals surface area contributed by atoms with Crippen molar-refractivity contribution in [1.29, 1.82) is 0 Å². The Bertz CT molecular complexity index is 379. The third-order valence-corrected chi connectivity index (χ3v) is 3.08. The van der Waals surface area contributed by atoms with Crippen LogP contribution in [0.3, 0.4) is 0 Å². The van der Waals surface area contributed by atoms with Crippen molar-refractivity contribution in [1.82, 2.24) is 0 Å². The van der Waals surface area contributed by atoms with Gasteiger partial charge in [0.05, 0.1) is 11.6 Å². The molecule has 0 saturated heterocycles. The molecule has 2 N–H and O–H groups in total. The number of hydrogen-bond acceptors (Lipinski definition) is 3. The number of nitrogens with two attached hydrogens (primary N) is 1. The van der Waals surface area contributed by atoms with Crippen molar-refractivity contribution in [3.63, 3.8) is 0 Å². The van der Waals surface area contributed by atoms with Crippen LogP contribution in [0.25, 0.3) is 0 Å². The second-order valence-corrected chi connectivity index (χ2v) is 5.33. The van der Waals surface area contributed by atoms with Crippen molar-refractivity contribution in [2.75, 3.05) is 19.8 Å². The Morgan fingerprint density at radius 3 is 2.45 bits per heavy atom. The van der Waals surface area contributed by atoms with Crippen molar-refractivity contribution >= 4 is 17.2 Å². The zero-order chi connectivity index (χ0) is 14.6. The Hall–Kier alpha value is -1.13. The van der Waals surface area contributed by atoms with E-state index in [1.165, 1.54) is 19.3 Å². The van der Waals surface area contributed by atoms with Gasteiger partial charge >= 0.3 is 0 Å². The highest BCUT2D eigenvalue weighted by Crippen LogP contribution is 2.12. The lowest BCUT2D eigenvalue weighted by Crippen LogP contribution is -2.11. The van der Waals surface area contributed by atoms with Crippen LogP contribution in [0.5, 0.6) is 5.75 Å². The van der Waals surface area contributed by atoms with Gasteiger partial charge in [0, 0.05) is 13.0 Å². The summed E-state index contributed by atoms with van der Waals surface area (Å²) in [5.41, 5.74) is 6.61. The van der Waals surface area contributed by atoms with E-state index in [1.807, 2.05) is 24.3 Å². The van der Waals surface area contributed by atoms with Crippen molar-refractivity contribution in [2.24, 2.45) is 5.73 Å². The van der Waals surface area contributed by atoms with E-state index in [2.05, 4.69) is 6.92 Å². The molecule has 0 atom stereocenters. The molecule has 0 aliphatic heterocycles. The molecule has 0 spiro atoms. The molecule has 0 aliphatic rings. The molecule has 0 bridgehead atoms. The molecule has 0 fully saturated rings. The summed E-state index contributed by atoms with van der Waals surface area (Å²) >= 11 is 4.88. The van der Waals surface area contributed by atoms with E-state index in [0.717, 1.165) is 24.3 Å². The van der Waals surface area contributed by atoms with Gasteiger partial charge in [-0.3, -0.25) is 0 Å². The third-order valence-electron chi connectivity index (χ3n) is 2.94. The van der Waals surface area contributed by atoms with Gasteiger partial charge in [-0.05, 0) is 24.1 Å². The van der Waals surface area contributed by atoms with Gasteiger partial charge in [0.2, 0.25) is 0 Å². The first kappa shape index (κ1) is 16.9. The first-order valence-corrected chi connectivity index (χ1v) is 7.71. The summed E-state index contributed by atoms with van der Waals surface area (Å²) in [6.45, 7) is 4.26. The average Bonchev–Trinajstić information content (AvgIpc) is 2.43. The average molecular weight is 295 g/mol. The second kappa shape index (κ2) is 10.6. The summed E-state index contributed by atoms with van der Waals surface area (Å²) in [4.78, 5) is 0.509. The zero-order valence-corrected chi connectivity index (χ0v) is 13.1. The molecule has 0 amide bonds. The van der Waals surface area contributed by atoms with Crippen LogP contribution in [0.2, 0.25) is 0 Å². The van der Waals surface area contributed by atoms with E-state index in [1.54, 1.807) is 0 Å². The van der Waals surface area contributed by atoms with E-state index in [4.69, 9.17) is 27.4 Å². The highest BCUT2D eigenvalue weighted by atomic mass is 32.1. The quantitative estimate of drug-likeness (QED) is 0.501. The molecule has 20 heavy (non-hydrogen) atoms.